The maximum absolute atomic E-state index is 8.90. The first-order valence-corrected chi connectivity index (χ1v) is 4.97. The summed E-state index contributed by atoms with van der Waals surface area (Å²) in [6.07, 6.45) is 0.0319. The third-order valence-corrected chi connectivity index (χ3v) is 2.55. The molecule has 15 heavy (non-hydrogen) atoms. The molecule has 0 radical (unpaired) electrons. The standard InChI is InChI=1S/C11H15NO3/c12-10(5-13)8-1-3-9(4-2-8)11-6-14-7-15-11/h1-4,10-11,13H,5-7,12H2. The molecule has 0 amide bonds. The summed E-state index contributed by atoms with van der Waals surface area (Å²) in [5.41, 5.74) is 7.71. The van der Waals surface area contributed by atoms with Gasteiger partial charge in [0, 0.05) is 0 Å². The molecule has 0 bridgehead atoms. The Morgan fingerprint density at radius 2 is 2.13 bits per heavy atom. The minimum Gasteiger partial charge on any atom is -0.394 e. The first-order valence-electron chi connectivity index (χ1n) is 4.97. The van der Waals surface area contributed by atoms with Gasteiger partial charge in [-0.1, -0.05) is 24.3 Å². The van der Waals surface area contributed by atoms with Gasteiger partial charge in [0.15, 0.2) is 0 Å². The van der Waals surface area contributed by atoms with Crippen LogP contribution in [0.4, 0.5) is 0 Å². The Kier molecular flexibility index (Phi) is 3.33. The smallest absolute Gasteiger partial charge is 0.147 e. The maximum atomic E-state index is 8.90. The van der Waals surface area contributed by atoms with Crippen molar-refractivity contribution < 1.29 is 14.6 Å². The predicted octanol–water partition coefficient (Wildman–Crippen LogP) is 0.724. The van der Waals surface area contributed by atoms with E-state index in [-0.39, 0.29) is 18.8 Å². The second-order valence-electron chi connectivity index (χ2n) is 3.60. The van der Waals surface area contributed by atoms with Crippen LogP contribution in [0, 0.1) is 0 Å². The van der Waals surface area contributed by atoms with Crippen LogP contribution in [0.3, 0.4) is 0 Å². The molecule has 1 saturated heterocycles. The Balaban J connectivity index is 2.09. The molecule has 1 aliphatic rings. The summed E-state index contributed by atoms with van der Waals surface area (Å²) in [6.45, 7) is 0.927. The highest BCUT2D eigenvalue weighted by atomic mass is 16.7. The van der Waals surface area contributed by atoms with Crippen LogP contribution in [0.15, 0.2) is 24.3 Å². The van der Waals surface area contributed by atoms with Gasteiger partial charge in [0.1, 0.15) is 12.9 Å². The van der Waals surface area contributed by atoms with Crippen LogP contribution in [0.2, 0.25) is 0 Å². The van der Waals surface area contributed by atoms with Crippen LogP contribution in [0.5, 0.6) is 0 Å². The lowest BCUT2D eigenvalue weighted by Gasteiger charge is -2.11. The van der Waals surface area contributed by atoms with Gasteiger partial charge in [0.2, 0.25) is 0 Å². The van der Waals surface area contributed by atoms with Crippen LogP contribution >= 0.6 is 0 Å². The van der Waals surface area contributed by atoms with E-state index in [1.165, 1.54) is 0 Å². The molecule has 2 rings (SSSR count). The van der Waals surface area contributed by atoms with Gasteiger partial charge in [-0.25, -0.2) is 0 Å². The first kappa shape index (κ1) is 10.6. The van der Waals surface area contributed by atoms with E-state index in [0.29, 0.717) is 13.4 Å². The SMILES string of the molecule is NC(CO)c1ccc(C2COCO2)cc1. The van der Waals surface area contributed by atoms with E-state index >= 15 is 0 Å². The fraction of sp³-hybridized carbons (Fsp3) is 0.455. The van der Waals surface area contributed by atoms with Gasteiger partial charge >= 0.3 is 0 Å². The Labute approximate surface area is 88.6 Å². The summed E-state index contributed by atoms with van der Waals surface area (Å²) in [5.74, 6) is 0. The van der Waals surface area contributed by atoms with Crippen molar-refractivity contribution in [3.05, 3.63) is 35.4 Å². The number of rotatable bonds is 3. The van der Waals surface area contributed by atoms with Crippen molar-refractivity contribution in [2.75, 3.05) is 20.0 Å². The van der Waals surface area contributed by atoms with E-state index in [9.17, 15) is 0 Å². The van der Waals surface area contributed by atoms with Gasteiger partial charge < -0.3 is 20.3 Å². The molecule has 2 atom stereocenters. The second kappa shape index (κ2) is 4.72. The molecule has 0 aromatic heterocycles. The Morgan fingerprint density at radius 1 is 1.40 bits per heavy atom. The van der Waals surface area contributed by atoms with E-state index in [2.05, 4.69) is 0 Å². The van der Waals surface area contributed by atoms with Crippen molar-refractivity contribution in [1.82, 2.24) is 0 Å². The first-order chi connectivity index (χ1) is 7.31. The molecule has 82 valence electrons. The van der Waals surface area contributed by atoms with Crippen molar-refractivity contribution in [3.63, 3.8) is 0 Å². The number of aliphatic hydroxyl groups excluding tert-OH is 1. The van der Waals surface area contributed by atoms with Gasteiger partial charge in [-0.15, -0.1) is 0 Å². The average Bonchev–Trinajstić information content (AvgIpc) is 2.82. The molecule has 0 saturated carbocycles. The van der Waals surface area contributed by atoms with Gasteiger partial charge in [0.25, 0.3) is 0 Å². The lowest BCUT2D eigenvalue weighted by Crippen LogP contribution is -2.14. The molecular weight excluding hydrogens is 194 g/mol. The lowest BCUT2D eigenvalue weighted by molar-refractivity contribution is 0.0466. The van der Waals surface area contributed by atoms with Gasteiger partial charge in [-0.2, -0.15) is 0 Å². The fourth-order valence-corrected chi connectivity index (χ4v) is 1.59. The maximum Gasteiger partial charge on any atom is 0.147 e. The average molecular weight is 209 g/mol. The number of nitrogens with two attached hydrogens (primary N) is 1. The summed E-state index contributed by atoms with van der Waals surface area (Å²) in [6, 6.07) is 7.45. The highest BCUT2D eigenvalue weighted by Crippen LogP contribution is 2.23. The highest BCUT2D eigenvalue weighted by molar-refractivity contribution is 5.26. The molecule has 4 heteroatoms. The van der Waals surface area contributed by atoms with E-state index in [1.54, 1.807) is 0 Å². The zero-order valence-corrected chi connectivity index (χ0v) is 8.43. The van der Waals surface area contributed by atoms with E-state index in [4.69, 9.17) is 20.3 Å². The molecule has 0 aliphatic carbocycles. The third kappa shape index (κ3) is 2.35. The summed E-state index contributed by atoms with van der Waals surface area (Å²) in [5, 5.41) is 8.90. The van der Waals surface area contributed by atoms with Crippen molar-refractivity contribution in [2.24, 2.45) is 5.73 Å². The largest absolute Gasteiger partial charge is 0.394 e. The Morgan fingerprint density at radius 3 is 2.67 bits per heavy atom. The Bertz CT molecular complexity index is 306. The van der Waals surface area contributed by atoms with Crippen molar-refractivity contribution >= 4 is 0 Å². The van der Waals surface area contributed by atoms with Crippen molar-refractivity contribution in [3.8, 4) is 0 Å². The molecule has 1 aliphatic heterocycles. The number of benzene rings is 1. The predicted molar refractivity (Wildman–Crippen MR) is 55.1 cm³/mol. The molecule has 3 N–H and O–H groups in total. The summed E-state index contributed by atoms with van der Waals surface area (Å²) >= 11 is 0. The van der Waals surface area contributed by atoms with Gasteiger partial charge in [-0.05, 0) is 11.1 Å². The van der Waals surface area contributed by atoms with Crippen molar-refractivity contribution in [1.29, 1.82) is 0 Å². The molecule has 1 fully saturated rings. The monoisotopic (exact) mass is 209 g/mol. The number of ether oxygens (including phenoxy) is 2. The topological polar surface area (TPSA) is 64.7 Å². The number of hydrogen-bond acceptors (Lipinski definition) is 4. The quantitative estimate of drug-likeness (QED) is 0.770. The van der Waals surface area contributed by atoms with Crippen LogP contribution in [0.25, 0.3) is 0 Å². The van der Waals surface area contributed by atoms with Gasteiger partial charge in [0.05, 0.1) is 19.3 Å². The van der Waals surface area contributed by atoms with E-state index < -0.39 is 0 Å². The molecule has 0 spiro atoms. The molecule has 1 aromatic carbocycles. The third-order valence-electron chi connectivity index (χ3n) is 2.55. The second-order valence-corrected chi connectivity index (χ2v) is 3.60. The minimum absolute atomic E-state index is 0.0319. The van der Waals surface area contributed by atoms with E-state index in [0.717, 1.165) is 11.1 Å². The van der Waals surface area contributed by atoms with Gasteiger partial charge in [-0.3, -0.25) is 0 Å². The van der Waals surface area contributed by atoms with Crippen LogP contribution in [-0.2, 0) is 9.47 Å². The van der Waals surface area contributed by atoms with Crippen LogP contribution in [0.1, 0.15) is 23.3 Å². The fourth-order valence-electron chi connectivity index (χ4n) is 1.59. The molecule has 4 nitrogen and oxygen atoms in total. The minimum atomic E-state index is -0.306. The molecular formula is C11H15NO3. The van der Waals surface area contributed by atoms with Crippen LogP contribution in [-0.4, -0.2) is 25.1 Å². The normalized spacial score (nSPS) is 22.9. The summed E-state index contributed by atoms with van der Waals surface area (Å²) < 4.78 is 10.5. The molecule has 1 aromatic rings. The van der Waals surface area contributed by atoms with Crippen LogP contribution < -0.4 is 5.73 Å². The zero-order chi connectivity index (χ0) is 10.7. The summed E-state index contributed by atoms with van der Waals surface area (Å²) in [7, 11) is 0. The Hall–Kier alpha value is -0.940. The molecule has 1 heterocycles. The number of hydrogen-bond donors (Lipinski definition) is 2. The van der Waals surface area contributed by atoms with Crippen molar-refractivity contribution in [2.45, 2.75) is 12.1 Å². The zero-order valence-electron chi connectivity index (χ0n) is 8.43. The highest BCUT2D eigenvalue weighted by Gasteiger charge is 2.18. The molecule has 2 unspecified atom stereocenters. The van der Waals surface area contributed by atoms with E-state index in [1.807, 2.05) is 24.3 Å². The summed E-state index contributed by atoms with van der Waals surface area (Å²) in [4.78, 5) is 0. The number of aliphatic hydroxyl groups is 1. The lowest BCUT2D eigenvalue weighted by atomic mass is 10.0.